The van der Waals surface area contributed by atoms with Gasteiger partial charge in [0.05, 0.1) is 14.2 Å². The van der Waals surface area contributed by atoms with E-state index in [9.17, 15) is 9.59 Å². The van der Waals surface area contributed by atoms with Gasteiger partial charge in [0.1, 0.15) is 5.56 Å². The fourth-order valence-electron chi connectivity index (χ4n) is 3.40. The van der Waals surface area contributed by atoms with E-state index in [4.69, 9.17) is 14.2 Å². The standard InChI is InChI=1S/C26H27NO5/c1-19(32-26(29)22-15-10-16-23(30-2)24(22)31-3)25(28)27(17-20-11-6-4-7-12-20)18-21-13-8-5-9-14-21/h4-16,19H,17-18H2,1-3H3/t19-/m0/s1. The zero-order valence-electron chi connectivity index (χ0n) is 18.5. The van der Waals surface area contributed by atoms with Crippen LogP contribution in [0.3, 0.4) is 0 Å². The van der Waals surface area contributed by atoms with E-state index in [0.29, 0.717) is 18.8 Å². The van der Waals surface area contributed by atoms with Gasteiger partial charge in [-0.1, -0.05) is 66.7 Å². The van der Waals surface area contributed by atoms with Crippen molar-refractivity contribution in [3.8, 4) is 11.5 Å². The van der Waals surface area contributed by atoms with Gasteiger partial charge >= 0.3 is 5.97 Å². The normalized spacial score (nSPS) is 11.3. The summed E-state index contributed by atoms with van der Waals surface area (Å²) in [5.41, 5.74) is 2.18. The van der Waals surface area contributed by atoms with Crippen LogP contribution in [0.4, 0.5) is 0 Å². The summed E-state index contributed by atoms with van der Waals surface area (Å²) in [6.45, 7) is 2.38. The van der Waals surface area contributed by atoms with Gasteiger partial charge in [0.15, 0.2) is 17.6 Å². The highest BCUT2D eigenvalue weighted by atomic mass is 16.6. The van der Waals surface area contributed by atoms with Gasteiger partial charge in [-0.15, -0.1) is 0 Å². The van der Waals surface area contributed by atoms with Crippen molar-refractivity contribution < 1.29 is 23.8 Å². The molecule has 0 aromatic heterocycles. The molecule has 0 radical (unpaired) electrons. The van der Waals surface area contributed by atoms with Crippen LogP contribution in [0.25, 0.3) is 0 Å². The number of rotatable bonds is 9. The lowest BCUT2D eigenvalue weighted by Gasteiger charge is -2.26. The summed E-state index contributed by atoms with van der Waals surface area (Å²) in [6, 6.07) is 24.4. The van der Waals surface area contributed by atoms with Crippen molar-refractivity contribution in [1.29, 1.82) is 0 Å². The molecule has 1 amide bonds. The van der Waals surface area contributed by atoms with Crippen molar-refractivity contribution in [2.75, 3.05) is 14.2 Å². The molecule has 0 bridgehead atoms. The molecule has 6 heteroatoms. The minimum atomic E-state index is -0.981. The Morgan fingerprint density at radius 1 is 0.781 bits per heavy atom. The lowest BCUT2D eigenvalue weighted by Crippen LogP contribution is -2.39. The van der Waals surface area contributed by atoms with Gasteiger partial charge in [0, 0.05) is 13.1 Å². The van der Waals surface area contributed by atoms with Crippen molar-refractivity contribution >= 4 is 11.9 Å². The second kappa shape index (κ2) is 11.0. The highest BCUT2D eigenvalue weighted by molar-refractivity contribution is 5.95. The van der Waals surface area contributed by atoms with Crippen LogP contribution in [0.15, 0.2) is 78.9 Å². The SMILES string of the molecule is COc1cccc(C(=O)O[C@@H](C)C(=O)N(Cc2ccccc2)Cc2ccccc2)c1OC. The molecule has 0 unspecified atom stereocenters. The Morgan fingerprint density at radius 3 is 1.84 bits per heavy atom. The molecule has 1 atom stereocenters. The molecule has 0 aliphatic carbocycles. The Kier molecular flexibility index (Phi) is 7.86. The van der Waals surface area contributed by atoms with Crippen LogP contribution in [0.5, 0.6) is 11.5 Å². The van der Waals surface area contributed by atoms with Crippen LogP contribution in [-0.4, -0.2) is 37.1 Å². The number of ether oxygens (including phenoxy) is 3. The van der Waals surface area contributed by atoms with E-state index >= 15 is 0 Å². The molecule has 0 aliphatic rings. The Morgan fingerprint density at radius 2 is 1.34 bits per heavy atom. The summed E-state index contributed by atoms with van der Waals surface area (Å²) < 4.78 is 16.1. The predicted molar refractivity (Wildman–Crippen MR) is 122 cm³/mol. The first-order chi connectivity index (χ1) is 15.5. The van der Waals surface area contributed by atoms with Crippen LogP contribution in [0, 0.1) is 0 Å². The summed E-state index contributed by atoms with van der Waals surface area (Å²) in [4.78, 5) is 27.8. The molecule has 3 aromatic carbocycles. The second-order valence-corrected chi connectivity index (χ2v) is 7.25. The number of carbonyl (C=O) groups excluding carboxylic acids is 2. The quantitative estimate of drug-likeness (QED) is 0.466. The first-order valence-electron chi connectivity index (χ1n) is 10.3. The van der Waals surface area contributed by atoms with Gasteiger partial charge in [-0.25, -0.2) is 4.79 Å². The number of methoxy groups -OCH3 is 2. The zero-order chi connectivity index (χ0) is 22.9. The first-order valence-corrected chi connectivity index (χ1v) is 10.3. The van der Waals surface area contributed by atoms with Crippen molar-refractivity contribution in [1.82, 2.24) is 4.90 Å². The second-order valence-electron chi connectivity index (χ2n) is 7.25. The molecule has 0 heterocycles. The van der Waals surface area contributed by atoms with Crippen molar-refractivity contribution in [2.45, 2.75) is 26.1 Å². The number of esters is 1. The van der Waals surface area contributed by atoms with E-state index in [1.54, 1.807) is 30.0 Å². The maximum absolute atomic E-state index is 13.3. The van der Waals surface area contributed by atoms with Gasteiger partial charge in [-0.2, -0.15) is 0 Å². The number of carbonyl (C=O) groups is 2. The van der Waals surface area contributed by atoms with Crippen LogP contribution >= 0.6 is 0 Å². The molecule has 3 aromatic rings. The topological polar surface area (TPSA) is 65.1 Å². The molecule has 3 rings (SSSR count). The van der Waals surface area contributed by atoms with Gasteiger partial charge in [-0.3, -0.25) is 4.79 Å². The van der Waals surface area contributed by atoms with E-state index in [-0.39, 0.29) is 17.2 Å². The molecule has 0 N–H and O–H groups in total. The molecule has 32 heavy (non-hydrogen) atoms. The molecular weight excluding hydrogens is 406 g/mol. The number of amides is 1. The van der Waals surface area contributed by atoms with Crippen molar-refractivity contribution in [2.24, 2.45) is 0 Å². The molecule has 6 nitrogen and oxygen atoms in total. The molecular formula is C26H27NO5. The fraction of sp³-hybridized carbons (Fsp3) is 0.231. The number of para-hydroxylation sites is 1. The average Bonchev–Trinajstić information content (AvgIpc) is 2.83. The number of nitrogens with zero attached hydrogens (tertiary/aromatic N) is 1. The maximum Gasteiger partial charge on any atom is 0.342 e. The fourth-order valence-corrected chi connectivity index (χ4v) is 3.40. The lowest BCUT2D eigenvalue weighted by molar-refractivity contribution is -0.141. The maximum atomic E-state index is 13.3. The van der Waals surface area contributed by atoms with Crippen molar-refractivity contribution in [3.05, 3.63) is 95.6 Å². The van der Waals surface area contributed by atoms with Crippen LogP contribution < -0.4 is 9.47 Å². The third-order valence-corrected chi connectivity index (χ3v) is 5.00. The van der Waals surface area contributed by atoms with E-state index < -0.39 is 12.1 Å². The zero-order valence-corrected chi connectivity index (χ0v) is 18.5. The largest absolute Gasteiger partial charge is 0.493 e. The Balaban J connectivity index is 1.78. The third kappa shape index (κ3) is 5.66. The van der Waals surface area contributed by atoms with Gasteiger partial charge in [-0.05, 0) is 30.2 Å². The molecule has 0 fully saturated rings. The van der Waals surface area contributed by atoms with Crippen LogP contribution in [0.1, 0.15) is 28.4 Å². The number of hydrogen-bond acceptors (Lipinski definition) is 5. The van der Waals surface area contributed by atoms with E-state index in [1.807, 2.05) is 60.7 Å². The van der Waals surface area contributed by atoms with Crippen molar-refractivity contribution in [3.63, 3.8) is 0 Å². The number of hydrogen-bond donors (Lipinski definition) is 0. The predicted octanol–water partition coefficient (Wildman–Crippen LogP) is 4.48. The molecule has 0 saturated heterocycles. The van der Waals surface area contributed by atoms with E-state index in [0.717, 1.165) is 11.1 Å². The highest BCUT2D eigenvalue weighted by Gasteiger charge is 2.27. The smallest absolute Gasteiger partial charge is 0.342 e. The van der Waals surface area contributed by atoms with Crippen LogP contribution in [-0.2, 0) is 22.6 Å². The Bertz CT molecular complexity index is 995. The molecule has 166 valence electrons. The Labute approximate surface area is 188 Å². The number of benzene rings is 3. The highest BCUT2D eigenvalue weighted by Crippen LogP contribution is 2.31. The van der Waals surface area contributed by atoms with Gasteiger partial charge < -0.3 is 19.1 Å². The monoisotopic (exact) mass is 433 g/mol. The average molecular weight is 434 g/mol. The molecule has 0 spiro atoms. The third-order valence-electron chi connectivity index (χ3n) is 5.00. The van der Waals surface area contributed by atoms with Gasteiger partial charge in [0.2, 0.25) is 0 Å². The summed E-state index contributed by atoms with van der Waals surface area (Å²) in [5, 5.41) is 0. The first kappa shape index (κ1) is 22.9. The summed E-state index contributed by atoms with van der Waals surface area (Å²) in [5.74, 6) is -0.255. The minimum Gasteiger partial charge on any atom is -0.493 e. The van der Waals surface area contributed by atoms with E-state index in [1.165, 1.54) is 14.2 Å². The van der Waals surface area contributed by atoms with Crippen LogP contribution in [0.2, 0.25) is 0 Å². The molecule has 0 saturated carbocycles. The summed E-state index contributed by atoms with van der Waals surface area (Å²) in [6.07, 6.45) is -0.981. The van der Waals surface area contributed by atoms with E-state index in [2.05, 4.69) is 0 Å². The minimum absolute atomic E-state index is 0.198. The lowest BCUT2D eigenvalue weighted by atomic mass is 10.1. The summed E-state index contributed by atoms with van der Waals surface area (Å²) >= 11 is 0. The van der Waals surface area contributed by atoms with Gasteiger partial charge in [0.25, 0.3) is 5.91 Å². The molecule has 0 aliphatic heterocycles. The Hall–Kier alpha value is -3.80. The summed E-state index contributed by atoms with van der Waals surface area (Å²) in [7, 11) is 2.94.